The first kappa shape index (κ1) is 17.5. The first-order valence-corrected chi connectivity index (χ1v) is 9.07. The number of carbonyl (C=O) groups excluding carboxylic acids is 3. The van der Waals surface area contributed by atoms with Gasteiger partial charge in [-0.25, -0.2) is 4.79 Å². The summed E-state index contributed by atoms with van der Waals surface area (Å²) in [5.41, 5.74) is 1.28. The molecule has 2 N–H and O–H groups in total. The van der Waals surface area contributed by atoms with Crippen LogP contribution in [0.4, 0.5) is 10.5 Å². The van der Waals surface area contributed by atoms with Crippen molar-refractivity contribution in [3.05, 3.63) is 29.8 Å². The van der Waals surface area contributed by atoms with Crippen LogP contribution in [0, 0.1) is 0 Å². The Kier molecular flexibility index (Phi) is 5.06. The van der Waals surface area contributed by atoms with Crippen LogP contribution in [0.15, 0.2) is 24.3 Å². The summed E-state index contributed by atoms with van der Waals surface area (Å²) in [6.45, 7) is 2.35. The van der Waals surface area contributed by atoms with Crippen LogP contribution in [-0.2, 0) is 16.0 Å². The molecule has 0 aromatic heterocycles. The number of carbonyl (C=O) groups is 3. The molecule has 1 saturated heterocycles. The Morgan fingerprint density at radius 3 is 2.76 bits per heavy atom. The molecule has 134 valence electrons. The molecule has 4 amide bonds. The number of aryl methyl sites for hydroxylation is 1. The fourth-order valence-electron chi connectivity index (χ4n) is 3.69. The number of nitrogens with zero attached hydrogens (tertiary/aromatic N) is 1. The van der Waals surface area contributed by atoms with Gasteiger partial charge in [0.1, 0.15) is 5.54 Å². The highest BCUT2D eigenvalue weighted by molar-refractivity contribution is 6.07. The highest BCUT2D eigenvalue weighted by atomic mass is 16.2. The van der Waals surface area contributed by atoms with E-state index in [4.69, 9.17) is 0 Å². The van der Waals surface area contributed by atoms with Gasteiger partial charge in [-0.3, -0.25) is 14.5 Å². The number of amides is 4. The number of rotatable bonds is 6. The van der Waals surface area contributed by atoms with Crippen molar-refractivity contribution in [2.75, 3.05) is 11.9 Å². The summed E-state index contributed by atoms with van der Waals surface area (Å²) >= 11 is 0. The summed E-state index contributed by atoms with van der Waals surface area (Å²) in [6.07, 6.45) is 5.05. The van der Waals surface area contributed by atoms with E-state index in [1.165, 1.54) is 10.5 Å². The molecule has 1 aromatic rings. The Labute approximate surface area is 148 Å². The summed E-state index contributed by atoms with van der Waals surface area (Å²) in [5.74, 6) is -0.220. The van der Waals surface area contributed by atoms with Gasteiger partial charge in [0.2, 0.25) is 5.91 Å². The van der Waals surface area contributed by atoms with E-state index >= 15 is 0 Å². The molecule has 25 heavy (non-hydrogen) atoms. The molecule has 2 fully saturated rings. The molecule has 1 aliphatic heterocycles. The van der Waals surface area contributed by atoms with Crippen molar-refractivity contribution in [2.24, 2.45) is 0 Å². The van der Waals surface area contributed by atoms with E-state index in [2.05, 4.69) is 17.6 Å². The van der Waals surface area contributed by atoms with Crippen LogP contribution >= 0.6 is 0 Å². The zero-order chi connectivity index (χ0) is 17.9. The van der Waals surface area contributed by atoms with Gasteiger partial charge in [-0.05, 0) is 43.4 Å². The van der Waals surface area contributed by atoms with Crippen LogP contribution in [0.2, 0.25) is 0 Å². The molecule has 6 nitrogen and oxygen atoms in total. The predicted octanol–water partition coefficient (Wildman–Crippen LogP) is 2.83. The minimum Gasteiger partial charge on any atom is -0.326 e. The van der Waals surface area contributed by atoms with Crippen molar-refractivity contribution in [3.8, 4) is 0 Å². The maximum absolute atomic E-state index is 12.5. The van der Waals surface area contributed by atoms with E-state index < -0.39 is 5.54 Å². The van der Waals surface area contributed by atoms with E-state index in [0.717, 1.165) is 37.8 Å². The van der Waals surface area contributed by atoms with Crippen LogP contribution in [0.5, 0.6) is 0 Å². The maximum atomic E-state index is 12.5. The molecule has 6 heteroatoms. The highest BCUT2D eigenvalue weighted by Gasteiger charge is 2.51. The van der Waals surface area contributed by atoms with Crippen LogP contribution < -0.4 is 10.6 Å². The maximum Gasteiger partial charge on any atom is 0.325 e. The number of hydrogen-bond donors (Lipinski definition) is 2. The van der Waals surface area contributed by atoms with Gasteiger partial charge in [0.05, 0.1) is 0 Å². The third-order valence-corrected chi connectivity index (χ3v) is 5.11. The summed E-state index contributed by atoms with van der Waals surface area (Å²) in [4.78, 5) is 38.0. The lowest BCUT2D eigenvalue weighted by molar-refractivity contribution is -0.131. The second-order valence-corrected chi connectivity index (χ2v) is 6.88. The largest absolute Gasteiger partial charge is 0.326 e. The average Bonchev–Trinajstić information content (AvgIpc) is 3.15. The van der Waals surface area contributed by atoms with Crippen LogP contribution in [-0.4, -0.2) is 34.8 Å². The van der Waals surface area contributed by atoms with Gasteiger partial charge in [0.25, 0.3) is 5.91 Å². The number of hydrogen-bond acceptors (Lipinski definition) is 3. The molecule has 0 unspecified atom stereocenters. The number of benzene rings is 1. The van der Waals surface area contributed by atoms with Gasteiger partial charge < -0.3 is 10.6 Å². The minimum atomic E-state index is -0.667. The second kappa shape index (κ2) is 7.25. The van der Waals surface area contributed by atoms with E-state index in [9.17, 15) is 14.4 Å². The van der Waals surface area contributed by atoms with Gasteiger partial charge in [-0.2, -0.15) is 0 Å². The monoisotopic (exact) mass is 343 g/mol. The Morgan fingerprint density at radius 1 is 1.28 bits per heavy atom. The lowest BCUT2D eigenvalue weighted by Crippen LogP contribution is -2.44. The molecular formula is C19H25N3O3. The fraction of sp³-hybridized carbons (Fsp3) is 0.526. The van der Waals surface area contributed by atoms with Crippen LogP contribution in [0.25, 0.3) is 0 Å². The Morgan fingerprint density at radius 2 is 2.04 bits per heavy atom. The van der Waals surface area contributed by atoms with Gasteiger partial charge in [-0.1, -0.05) is 31.9 Å². The third kappa shape index (κ3) is 3.67. The first-order valence-electron chi connectivity index (χ1n) is 9.07. The van der Waals surface area contributed by atoms with E-state index in [0.29, 0.717) is 6.42 Å². The van der Waals surface area contributed by atoms with Crippen molar-refractivity contribution in [1.82, 2.24) is 10.2 Å². The normalized spacial score (nSPS) is 18.7. The summed E-state index contributed by atoms with van der Waals surface area (Å²) in [5, 5.41) is 5.73. The van der Waals surface area contributed by atoms with Gasteiger partial charge in [0.15, 0.2) is 0 Å². The second-order valence-electron chi connectivity index (χ2n) is 6.88. The molecule has 1 aliphatic carbocycles. The highest BCUT2D eigenvalue weighted by Crippen LogP contribution is 2.35. The van der Waals surface area contributed by atoms with Gasteiger partial charge in [-0.15, -0.1) is 0 Å². The topological polar surface area (TPSA) is 78.5 Å². The average molecular weight is 343 g/mol. The fourth-order valence-corrected chi connectivity index (χ4v) is 3.69. The smallest absolute Gasteiger partial charge is 0.325 e. The number of anilines is 1. The lowest BCUT2D eigenvalue weighted by Gasteiger charge is -2.19. The Bertz CT molecular complexity index is 680. The molecule has 0 radical (unpaired) electrons. The predicted molar refractivity (Wildman–Crippen MR) is 95.1 cm³/mol. The van der Waals surface area contributed by atoms with E-state index in [1.807, 2.05) is 24.3 Å². The zero-order valence-corrected chi connectivity index (χ0v) is 14.6. The summed E-state index contributed by atoms with van der Waals surface area (Å²) in [6, 6.07) is 7.44. The lowest BCUT2D eigenvalue weighted by atomic mass is 9.98. The molecule has 3 rings (SSSR count). The molecule has 1 spiro atoms. The molecular weight excluding hydrogens is 318 g/mol. The Hall–Kier alpha value is -2.37. The van der Waals surface area contributed by atoms with Crippen molar-refractivity contribution in [1.29, 1.82) is 0 Å². The quantitative estimate of drug-likeness (QED) is 0.780. The van der Waals surface area contributed by atoms with Crippen LogP contribution in [0.3, 0.4) is 0 Å². The molecule has 1 aromatic carbocycles. The summed E-state index contributed by atoms with van der Waals surface area (Å²) < 4.78 is 0. The molecule has 0 atom stereocenters. The Balaban J connectivity index is 1.48. The van der Waals surface area contributed by atoms with E-state index in [1.54, 1.807) is 0 Å². The van der Waals surface area contributed by atoms with Crippen molar-refractivity contribution in [2.45, 2.75) is 57.4 Å². The molecule has 0 bridgehead atoms. The van der Waals surface area contributed by atoms with E-state index in [-0.39, 0.29) is 30.8 Å². The number of nitrogens with one attached hydrogen (secondary N) is 2. The van der Waals surface area contributed by atoms with Gasteiger partial charge in [0, 0.05) is 18.7 Å². The number of imide groups is 1. The van der Waals surface area contributed by atoms with Crippen molar-refractivity contribution < 1.29 is 14.4 Å². The first-order chi connectivity index (χ1) is 12.0. The molecule has 1 heterocycles. The SMILES string of the molecule is CCc1cccc(NC(=O)CCCN2C(=O)NC3(CCCC3)C2=O)c1. The third-order valence-electron chi connectivity index (χ3n) is 5.11. The van der Waals surface area contributed by atoms with Crippen LogP contribution in [0.1, 0.15) is 51.0 Å². The minimum absolute atomic E-state index is 0.101. The standard InChI is InChI=1S/C19H25N3O3/c1-2-14-7-5-8-15(13-14)20-16(23)9-6-12-22-17(24)19(21-18(22)25)10-3-4-11-19/h5,7-8,13H,2-4,6,9-12H2,1H3,(H,20,23)(H,21,25). The molecule has 1 saturated carbocycles. The zero-order valence-electron chi connectivity index (χ0n) is 14.6. The number of urea groups is 1. The van der Waals surface area contributed by atoms with Crippen molar-refractivity contribution >= 4 is 23.5 Å². The van der Waals surface area contributed by atoms with Crippen molar-refractivity contribution in [3.63, 3.8) is 0 Å². The van der Waals surface area contributed by atoms with Gasteiger partial charge >= 0.3 is 6.03 Å². The molecule has 2 aliphatic rings. The summed E-state index contributed by atoms with van der Waals surface area (Å²) in [7, 11) is 0.